The van der Waals surface area contributed by atoms with E-state index in [9.17, 15) is 9.59 Å². The first kappa shape index (κ1) is 16.8. The van der Waals surface area contributed by atoms with Crippen LogP contribution in [0.15, 0.2) is 18.2 Å². The van der Waals surface area contributed by atoms with Crippen LogP contribution in [0, 0.1) is 6.92 Å². The van der Waals surface area contributed by atoms with E-state index in [2.05, 4.69) is 10.6 Å². The number of anilines is 2. The van der Waals surface area contributed by atoms with Crippen molar-refractivity contribution in [3.63, 3.8) is 0 Å². The van der Waals surface area contributed by atoms with Crippen molar-refractivity contribution in [3.8, 4) is 0 Å². The molecule has 0 aliphatic carbocycles. The molecule has 2 N–H and O–H groups in total. The van der Waals surface area contributed by atoms with Gasteiger partial charge in [-0.3, -0.25) is 10.6 Å². The Morgan fingerprint density at radius 2 is 1.57 bits per heavy atom. The topological polar surface area (TPSA) is 76.7 Å². The molecule has 0 unspecified atom stereocenters. The summed E-state index contributed by atoms with van der Waals surface area (Å²) in [5.41, 5.74) is 1.80. The minimum Gasteiger partial charge on any atom is -0.449 e. The molecule has 0 saturated heterocycles. The van der Waals surface area contributed by atoms with Gasteiger partial charge in [0, 0.05) is 0 Å². The second-order valence-corrected chi connectivity index (χ2v) is 4.52. The smallest absolute Gasteiger partial charge is 0.411 e. The van der Waals surface area contributed by atoms with Gasteiger partial charge in [-0.1, -0.05) is 26.0 Å². The zero-order valence-electron chi connectivity index (χ0n) is 12.7. The molecule has 0 atom stereocenters. The van der Waals surface area contributed by atoms with Crippen molar-refractivity contribution in [1.29, 1.82) is 0 Å². The van der Waals surface area contributed by atoms with E-state index in [1.165, 1.54) is 0 Å². The van der Waals surface area contributed by atoms with Crippen LogP contribution in [0.3, 0.4) is 0 Å². The Morgan fingerprint density at radius 1 is 1.00 bits per heavy atom. The van der Waals surface area contributed by atoms with Crippen molar-refractivity contribution in [1.82, 2.24) is 0 Å². The van der Waals surface area contributed by atoms with Crippen molar-refractivity contribution in [3.05, 3.63) is 23.8 Å². The maximum Gasteiger partial charge on any atom is 0.411 e. The van der Waals surface area contributed by atoms with Crippen LogP contribution < -0.4 is 10.6 Å². The lowest BCUT2D eigenvalue weighted by Gasteiger charge is -2.14. The Morgan fingerprint density at radius 3 is 2.14 bits per heavy atom. The zero-order chi connectivity index (χ0) is 15.7. The highest BCUT2D eigenvalue weighted by atomic mass is 16.6. The largest absolute Gasteiger partial charge is 0.449 e. The van der Waals surface area contributed by atoms with E-state index in [1.807, 2.05) is 26.8 Å². The number of carbonyl (C=O) groups excluding carboxylic acids is 2. The summed E-state index contributed by atoms with van der Waals surface area (Å²) in [7, 11) is 0. The first-order valence-corrected chi connectivity index (χ1v) is 7.05. The van der Waals surface area contributed by atoms with Gasteiger partial charge >= 0.3 is 12.2 Å². The SMILES string of the molecule is CCCOC(=O)Nc1cccc(C)c1NC(=O)OCCC. The third-order valence-corrected chi connectivity index (χ3v) is 2.61. The van der Waals surface area contributed by atoms with Gasteiger partial charge in [-0.05, 0) is 31.4 Å². The van der Waals surface area contributed by atoms with E-state index >= 15 is 0 Å². The number of benzene rings is 1. The Hall–Kier alpha value is -2.24. The van der Waals surface area contributed by atoms with Gasteiger partial charge < -0.3 is 9.47 Å². The Labute approximate surface area is 124 Å². The molecular formula is C15H22N2O4. The molecule has 0 radical (unpaired) electrons. The van der Waals surface area contributed by atoms with Crippen molar-refractivity contribution in [2.24, 2.45) is 0 Å². The van der Waals surface area contributed by atoms with Crippen LogP contribution in [0.4, 0.5) is 21.0 Å². The van der Waals surface area contributed by atoms with Crippen LogP contribution in [0.2, 0.25) is 0 Å². The predicted octanol–water partition coefficient (Wildman–Crippen LogP) is 3.91. The number of para-hydroxylation sites is 1. The van der Waals surface area contributed by atoms with Crippen LogP contribution in [0.1, 0.15) is 32.3 Å². The van der Waals surface area contributed by atoms with Gasteiger partial charge in [-0.15, -0.1) is 0 Å². The fraction of sp³-hybridized carbons (Fsp3) is 0.467. The molecule has 2 amide bonds. The minimum absolute atomic E-state index is 0.346. The predicted molar refractivity (Wildman–Crippen MR) is 81.7 cm³/mol. The fourth-order valence-corrected chi connectivity index (χ4v) is 1.61. The van der Waals surface area contributed by atoms with Crippen LogP contribution >= 0.6 is 0 Å². The Kier molecular flexibility index (Phi) is 7.08. The zero-order valence-corrected chi connectivity index (χ0v) is 12.7. The molecule has 0 fully saturated rings. The molecule has 0 bridgehead atoms. The molecule has 1 rings (SSSR count). The number of nitrogens with one attached hydrogen (secondary N) is 2. The molecule has 1 aromatic rings. The van der Waals surface area contributed by atoms with Gasteiger partial charge in [0.05, 0.1) is 24.6 Å². The van der Waals surface area contributed by atoms with Crippen LogP contribution in [-0.2, 0) is 9.47 Å². The fourth-order valence-electron chi connectivity index (χ4n) is 1.61. The standard InChI is InChI=1S/C15H22N2O4/c1-4-9-20-14(18)16-12-8-6-7-11(3)13(12)17-15(19)21-10-5-2/h6-8H,4-5,9-10H2,1-3H3,(H,16,18)(H,17,19). The lowest BCUT2D eigenvalue weighted by molar-refractivity contribution is 0.160. The van der Waals surface area contributed by atoms with Crippen molar-refractivity contribution >= 4 is 23.6 Å². The monoisotopic (exact) mass is 294 g/mol. The molecule has 0 spiro atoms. The summed E-state index contributed by atoms with van der Waals surface area (Å²) < 4.78 is 9.95. The highest BCUT2D eigenvalue weighted by Gasteiger charge is 2.12. The van der Waals surface area contributed by atoms with E-state index in [1.54, 1.807) is 12.1 Å². The molecule has 1 aromatic carbocycles. The lowest BCUT2D eigenvalue weighted by Crippen LogP contribution is -2.19. The van der Waals surface area contributed by atoms with E-state index in [4.69, 9.17) is 9.47 Å². The van der Waals surface area contributed by atoms with Crippen LogP contribution in [0.25, 0.3) is 0 Å². The van der Waals surface area contributed by atoms with E-state index in [0.29, 0.717) is 24.6 Å². The Balaban J connectivity index is 2.77. The number of ether oxygens (including phenoxy) is 2. The van der Waals surface area contributed by atoms with Gasteiger partial charge in [0.1, 0.15) is 0 Å². The number of amides is 2. The highest BCUT2D eigenvalue weighted by molar-refractivity contribution is 5.96. The van der Waals surface area contributed by atoms with Gasteiger partial charge in [0.15, 0.2) is 0 Å². The summed E-state index contributed by atoms with van der Waals surface area (Å²) in [5, 5.41) is 5.26. The van der Waals surface area contributed by atoms with Gasteiger partial charge in [-0.25, -0.2) is 9.59 Å². The quantitative estimate of drug-likeness (QED) is 0.834. The van der Waals surface area contributed by atoms with Crippen molar-refractivity contribution < 1.29 is 19.1 Å². The molecule has 21 heavy (non-hydrogen) atoms. The molecule has 116 valence electrons. The number of rotatable bonds is 6. The highest BCUT2D eigenvalue weighted by Crippen LogP contribution is 2.26. The number of carbonyl (C=O) groups is 2. The molecule has 6 nitrogen and oxygen atoms in total. The maximum absolute atomic E-state index is 11.7. The summed E-state index contributed by atoms with van der Waals surface area (Å²) in [6.45, 7) is 6.35. The second-order valence-electron chi connectivity index (χ2n) is 4.52. The van der Waals surface area contributed by atoms with Gasteiger partial charge in [-0.2, -0.15) is 0 Å². The summed E-state index contributed by atoms with van der Waals surface area (Å²) in [4.78, 5) is 23.3. The van der Waals surface area contributed by atoms with Gasteiger partial charge in [0.25, 0.3) is 0 Å². The maximum atomic E-state index is 11.7. The Bertz CT molecular complexity index is 489. The average Bonchev–Trinajstić information content (AvgIpc) is 2.46. The molecular weight excluding hydrogens is 272 g/mol. The van der Waals surface area contributed by atoms with Gasteiger partial charge in [0.2, 0.25) is 0 Å². The number of hydrogen-bond donors (Lipinski definition) is 2. The van der Waals surface area contributed by atoms with Crippen molar-refractivity contribution in [2.75, 3.05) is 23.8 Å². The first-order chi connectivity index (χ1) is 10.1. The third-order valence-electron chi connectivity index (χ3n) is 2.61. The average molecular weight is 294 g/mol. The van der Waals surface area contributed by atoms with E-state index in [-0.39, 0.29) is 0 Å². The third kappa shape index (κ3) is 5.72. The second kappa shape index (κ2) is 8.84. The molecule has 0 heterocycles. The van der Waals surface area contributed by atoms with Crippen LogP contribution in [0.5, 0.6) is 0 Å². The minimum atomic E-state index is -0.549. The van der Waals surface area contributed by atoms with E-state index < -0.39 is 12.2 Å². The number of hydrogen-bond acceptors (Lipinski definition) is 4. The lowest BCUT2D eigenvalue weighted by atomic mass is 10.1. The molecule has 0 aliphatic heterocycles. The normalized spacial score (nSPS) is 9.86. The number of aryl methyl sites for hydroxylation is 1. The summed E-state index contributed by atoms with van der Waals surface area (Å²) in [5.74, 6) is 0. The molecule has 6 heteroatoms. The molecule has 0 aliphatic rings. The molecule has 0 saturated carbocycles. The van der Waals surface area contributed by atoms with Crippen molar-refractivity contribution in [2.45, 2.75) is 33.6 Å². The van der Waals surface area contributed by atoms with E-state index in [0.717, 1.165) is 18.4 Å². The summed E-state index contributed by atoms with van der Waals surface area (Å²) in [6, 6.07) is 5.31. The first-order valence-electron chi connectivity index (χ1n) is 7.05. The molecule has 0 aromatic heterocycles. The summed E-state index contributed by atoms with van der Waals surface area (Å²) >= 11 is 0. The van der Waals surface area contributed by atoms with Crippen LogP contribution in [-0.4, -0.2) is 25.4 Å². The summed E-state index contributed by atoms with van der Waals surface area (Å²) in [6.07, 6.45) is 0.397.